The van der Waals surface area contributed by atoms with E-state index in [0.717, 1.165) is 0 Å². The second kappa shape index (κ2) is 3.64. The average molecular weight is 192 g/mol. The van der Waals surface area contributed by atoms with Crippen molar-refractivity contribution in [2.45, 2.75) is 24.0 Å². The molecule has 1 aliphatic rings. The molecule has 1 rings (SSSR count). The summed E-state index contributed by atoms with van der Waals surface area (Å²) in [5.74, 6) is 0. The van der Waals surface area contributed by atoms with Crippen LogP contribution in [0.5, 0.6) is 0 Å². The first-order valence-electron chi connectivity index (χ1n) is 3.77. The lowest BCUT2D eigenvalue weighted by Crippen LogP contribution is -2.49. The van der Waals surface area contributed by atoms with Crippen LogP contribution in [0.25, 0.3) is 0 Å². The van der Waals surface area contributed by atoms with E-state index in [1.165, 1.54) is 0 Å². The van der Waals surface area contributed by atoms with Crippen molar-refractivity contribution >= 4 is 0 Å². The van der Waals surface area contributed by atoms with E-state index in [2.05, 4.69) is 10.2 Å². The lowest BCUT2D eigenvalue weighted by molar-refractivity contribution is -0.0949. The maximum Gasteiger partial charge on any atom is 0.241 e. The SMILES string of the molecule is OC[C@@H](O)[C@@H](O)[C@H](O)C1(CO)N=N1. The van der Waals surface area contributed by atoms with Gasteiger partial charge in [-0.05, 0) is 0 Å². The van der Waals surface area contributed by atoms with Gasteiger partial charge < -0.3 is 25.5 Å². The molecule has 13 heavy (non-hydrogen) atoms. The Morgan fingerprint density at radius 3 is 1.92 bits per heavy atom. The van der Waals surface area contributed by atoms with Gasteiger partial charge in [-0.1, -0.05) is 0 Å². The number of aliphatic hydroxyl groups is 5. The molecular weight excluding hydrogens is 180 g/mol. The van der Waals surface area contributed by atoms with Crippen LogP contribution in [0.4, 0.5) is 0 Å². The molecule has 5 N–H and O–H groups in total. The van der Waals surface area contributed by atoms with Crippen molar-refractivity contribution in [2.24, 2.45) is 10.2 Å². The van der Waals surface area contributed by atoms with Crippen molar-refractivity contribution in [1.29, 1.82) is 0 Å². The molecule has 1 aliphatic heterocycles. The molecule has 0 aromatic heterocycles. The van der Waals surface area contributed by atoms with Crippen LogP contribution in [-0.4, -0.2) is 62.7 Å². The van der Waals surface area contributed by atoms with Gasteiger partial charge in [0, 0.05) is 0 Å². The highest BCUT2D eigenvalue weighted by Crippen LogP contribution is 2.33. The van der Waals surface area contributed by atoms with E-state index >= 15 is 0 Å². The highest BCUT2D eigenvalue weighted by atomic mass is 16.4. The van der Waals surface area contributed by atoms with E-state index in [-0.39, 0.29) is 0 Å². The number of aliphatic hydroxyl groups excluding tert-OH is 5. The van der Waals surface area contributed by atoms with Gasteiger partial charge in [-0.3, -0.25) is 0 Å². The third-order valence-corrected chi connectivity index (χ3v) is 1.97. The Balaban J connectivity index is 2.52. The van der Waals surface area contributed by atoms with Crippen LogP contribution >= 0.6 is 0 Å². The molecule has 3 atom stereocenters. The summed E-state index contributed by atoms with van der Waals surface area (Å²) in [5, 5.41) is 51.4. The van der Waals surface area contributed by atoms with Crippen LogP contribution in [0.2, 0.25) is 0 Å². The summed E-state index contributed by atoms with van der Waals surface area (Å²) >= 11 is 0. The van der Waals surface area contributed by atoms with Gasteiger partial charge in [0.2, 0.25) is 5.66 Å². The van der Waals surface area contributed by atoms with Crippen molar-refractivity contribution < 1.29 is 25.5 Å². The van der Waals surface area contributed by atoms with E-state index in [0.29, 0.717) is 0 Å². The smallest absolute Gasteiger partial charge is 0.241 e. The Kier molecular flexibility index (Phi) is 2.94. The van der Waals surface area contributed by atoms with Gasteiger partial charge in [0.15, 0.2) is 0 Å². The maximum absolute atomic E-state index is 9.34. The van der Waals surface area contributed by atoms with Gasteiger partial charge in [0.05, 0.1) is 13.2 Å². The van der Waals surface area contributed by atoms with Crippen molar-refractivity contribution in [3.05, 3.63) is 0 Å². The summed E-state index contributed by atoms with van der Waals surface area (Å²) < 4.78 is 0. The first kappa shape index (κ1) is 10.5. The van der Waals surface area contributed by atoms with Crippen LogP contribution in [0.1, 0.15) is 0 Å². The van der Waals surface area contributed by atoms with Crippen LogP contribution in [0, 0.1) is 0 Å². The topological polar surface area (TPSA) is 126 Å². The zero-order chi connectivity index (χ0) is 10.1. The Morgan fingerprint density at radius 1 is 1.08 bits per heavy atom. The molecule has 0 aromatic carbocycles. The van der Waals surface area contributed by atoms with Gasteiger partial charge >= 0.3 is 0 Å². The van der Waals surface area contributed by atoms with Crippen LogP contribution in [-0.2, 0) is 0 Å². The van der Waals surface area contributed by atoms with Crippen molar-refractivity contribution in [3.63, 3.8) is 0 Å². The Labute approximate surface area is 74.0 Å². The van der Waals surface area contributed by atoms with Gasteiger partial charge in [-0.2, -0.15) is 10.2 Å². The number of hydrogen-bond donors (Lipinski definition) is 5. The van der Waals surface area contributed by atoms with E-state index < -0.39 is 37.2 Å². The summed E-state index contributed by atoms with van der Waals surface area (Å²) in [5.41, 5.74) is -1.41. The fourth-order valence-corrected chi connectivity index (χ4v) is 0.931. The van der Waals surface area contributed by atoms with E-state index in [9.17, 15) is 10.2 Å². The second-order valence-electron chi connectivity index (χ2n) is 2.92. The minimum atomic E-state index is -1.58. The van der Waals surface area contributed by atoms with Gasteiger partial charge in [0.25, 0.3) is 0 Å². The molecule has 7 heteroatoms. The number of hydrogen-bond acceptors (Lipinski definition) is 7. The second-order valence-corrected chi connectivity index (χ2v) is 2.92. The molecule has 1 heterocycles. The van der Waals surface area contributed by atoms with Crippen LogP contribution < -0.4 is 0 Å². The summed E-state index contributed by atoms with van der Waals surface area (Å²) in [6, 6.07) is 0. The first-order valence-corrected chi connectivity index (χ1v) is 3.77. The Hall–Kier alpha value is -0.600. The molecule has 0 unspecified atom stereocenters. The fraction of sp³-hybridized carbons (Fsp3) is 1.00. The van der Waals surface area contributed by atoms with Crippen molar-refractivity contribution in [1.82, 2.24) is 0 Å². The van der Waals surface area contributed by atoms with Gasteiger partial charge in [-0.25, -0.2) is 0 Å². The highest BCUT2D eigenvalue weighted by Gasteiger charge is 2.51. The zero-order valence-electron chi connectivity index (χ0n) is 6.78. The fourth-order valence-electron chi connectivity index (χ4n) is 0.931. The predicted molar refractivity (Wildman–Crippen MR) is 39.8 cm³/mol. The lowest BCUT2D eigenvalue weighted by atomic mass is 9.99. The zero-order valence-corrected chi connectivity index (χ0v) is 6.78. The quantitative estimate of drug-likeness (QED) is 0.322. The molecule has 0 bridgehead atoms. The third-order valence-electron chi connectivity index (χ3n) is 1.97. The van der Waals surface area contributed by atoms with Gasteiger partial charge in [-0.15, -0.1) is 0 Å². The molecule has 0 saturated carbocycles. The monoisotopic (exact) mass is 192 g/mol. The van der Waals surface area contributed by atoms with Crippen molar-refractivity contribution in [2.75, 3.05) is 13.2 Å². The van der Waals surface area contributed by atoms with E-state index in [4.69, 9.17) is 15.3 Å². The molecule has 0 fully saturated rings. The van der Waals surface area contributed by atoms with E-state index in [1.807, 2.05) is 0 Å². The summed E-state index contributed by atoms with van der Waals surface area (Å²) in [6.45, 7) is -1.22. The van der Waals surface area contributed by atoms with Crippen molar-refractivity contribution in [3.8, 4) is 0 Å². The molecule has 0 radical (unpaired) electrons. The molecule has 0 amide bonds. The Morgan fingerprint density at radius 2 is 1.62 bits per heavy atom. The minimum Gasteiger partial charge on any atom is -0.394 e. The number of rotatable bonds is 5. The van der Waals surface area contributed by atoms with Crippen LogP contribution in [0.15, 0.2) is 10.2 Å². The lowest BCUT2D eigenvalue weighted by Gasteiger charge is -2.24. The molecule has 0 saturated heterocycles. The minimum absolute atomic E-state index is 0.538. The maximum atomic E-state index is 9.34. The van der Waals surface area contributed by atoms with E-state index in [1.54, 1.807) is 0 Å². The molecule has 76 valence electrons. The number of nitrogens with zero attached hydrogens (tertiary/aromatic N) is 2. The standard InChI is InChI=1S/C6H12N2O5/c9-1-3(11)4(12)5(13)6(2-10)7-8-6/h3-5,9-13H,1-2H2/t3-,4-,5+/m1/s1. The largest absolute Gasteiger partial charge is 0.394 e. The molecule has 0 aromatic rings. The molecule has 0 aliphatic carbocycles. The Bertz CT molecular complexity index is 203. The average Bonchev–Trinajstić information content (AvgIpc) is 2.95. The van der Waals surface area contributed by atoms with Gasteiger partial charge in [0.1, 0.15) is 18.3 Å². The molecular formula is C6H12N2O5. The highest BCUT2D eigenvalue weighted by molar-refractivity contribution is 5.03. The summed E-state index contributed by atoms with van der Waals surface area (Å²) in [7, 11) is 0. The first-order chi connectivity index (χ1) is 6.07. The summed E-state index contributed by atoms with van der Waals surface area (Å²) in [4.78, 5) is 0. The normalized spacial score (nSPS) is 25.3. The molecule has 0 spiro atoms. The predicted octanol–water partition coefficient (Wildman–Crippen LogP) is -2.78. The van der Waals surface area contributed by atoms with Crippen LogP contribution in [0.3, 0.4) is 0 Å². The summed E-state index contributed by atoms with van der Waals surface area (Å²) in [6.07, 6.45) is -4.55. The molecule has 7 nitrogen and oxygen atoms in total. The third kappa shape index (κ3) is 1.84.